The molecule has 2 aromatic heterocycles. The first-order valence-corrected chi connectivity index (χ1v) is 22.4. The molecule has 0 saturated heterocycles. The van der Waals surface area contributed by atoms with E-state index in [-0.39, 0.29) is 42.7 Å². The molecule has 0 bridgehead atoms. The third-order valence-corrected chi connectivity index (χ3v) is 12.7. The molecule has 0 atom stereocenters. The van der Waals surface area contributed by atoms with E-state index in [2.05, 4.69) is 255 Å². The fourth-order valence-electron chi connectivity index (χ4n) is 8.80. The summed E-state index contributed by atoms with van der Waals surface area (Å²) in [4.78, 5) is 9.45. The van der Waals surface area contributed by atoms with Crippen molar-refractivity contribution in [3.63, 3.8) is 0 Å². The quantitative estimate of drug-likeness (QED) is 0.142. The molecule has 8 aromatic rings. The van der Waals surface area contributed by atoms with E-state index in [4.69, 9.17) is 9.72 Å². The Balaban J connectivity index is 0.00000576. The van der Waals surface area contributed by atoms with Crippen molar-refractivity contribution in [3.05, 3.63) is 204 Å². The number of aromatic nitrogens is 2. The van der Waals surface area contributed by atoms with Crippen LogP contribution in [0.3, 0.4) is 0 Å². The van der Waals surface area contributed by atoms with Crippen LogP contribution in [-0.2, 0) is 42.7 Å². The molecule has 0 N–H and O–H groups in total. The normalized spacial score (nSPS) is 13.6. The number of benzene rings is 6. The maximum atomic E-state index is 7.15. The fraction of sp³-hybridized carbons (Fsp3) is 0.254. The van der Waals surface area contributed by atoms with Crippen molar-refractivity contribution in [2.75, 3.05) is 9.80 Å². The molecular weight excluding hydrogens is 976 g/mol. The van der Waals surface area contributed by atoms with Crippen LogP contribution in [0, 0.1) is 18.8 Å². The average molecular weight is 1040 g/mol. The van der Waals surface area contributed by atoms with Crippen LogP contribution >= 0.6 is 0 Å². The molecule has 0 unspecified atom stereocenters. The Morgan fingerprint density at radius 2 is 1.20 bits per heavy atom. The number of fused-ring (bicyclic) bond motifs is 3. The SMILES string of the molecule is CC(C)(C)c1cccc(N2C=C(c3ccccc3)N(c3[c-]c(Oc4[c-]c5c(c(C(C)(C)C)c4)c4ccccc4n5-c4cc(C(C)(C)C)ccn4)cc(C(C)(C)c4ccccc4)c3)[CH-]2)c1.[Pt]. The molecule has 6 heteroatoms. The third-order valence-electron chi connectivity index (χ3n) is 12.7. The predicted molar refractivity (Wildman–Crippen MR) is 268 cm³/mol. The van der Waals surface area contributed by atoms with Crippen LogP contribution in [0.5, 0.6) is 11.5 Å². The Morgan fingerprint density at radius 3 is 1.89 bits per heavy atom. The van der Waals surface area contributed by atoms with E-state index in [1.54, 1.807) is 0 Å². The summed E-state index contributed by atoms with van der Waals surface area (Å²) in [5.74, 6) is 2.08. The summed E-state index contributed by atoms with van der Waals surface area (Å²) < 4.78 is 9.40. The maximum absolute atomic E-state index is 7.15. The van der Waals surface area contributed by atoms with Crippen molar-refractivity contribution < 1.29 is 25.8 Å². The minimum absolute atomic E-state index is 0. The van der Waals surface area contributed by atoms with E-state index in [1.807, 2.05) is 6.20 Å². The minimum Gasteiger partial charge on any atom is -0.509 e. The molecule has 0 amide bonds. The molecule has 0 fully saturated rings. The summed E-state index contributed by atoms with van der Waals surface area (Å²) in [6.07, 6.45) is 4.15. The molecule has 0 spiro atoms. The summed E-state index contributed by atoms with van der Waals surface area (Å²) in [6, 6.07) is 57.3. The molecule has 334 valence electrons. The second kappa shape index (κ2) is 17.1. The van der Waals surface area contributed by atoms with Gasteiger partial charge in [-0.2, -0.15) is 0 Å². The van der Waals surface area contributed by atoms with Crippen LogP contribution in [0.1, 0.15) is 110 Å². The van der Waals surface area contributed by atoms with Gasteiger partial charge in [-0.15, -0.1) is 53.8 Å². The molecule has 0 saturated carbocycles. The van der Waals surface area contributed by atoms with Crippen LogP contribution in [0.25, 0.3) is 33.3 Å². The molecule has 6 aromatic carbocycles. The van der Waals surface area contributed by atoms with E-state index in [1.165, 1.54) is 22.3 Å². The summed E-state index contributed by atoms with van der Waals surface area (Å²) in [5.41, 5.74) is 11.5. The van der Waals surface area contributed by atoms with Crippen molar-refractivity contribution in [1.82, 2.24) is 9.55 Å². The number of para-hydroxylation sites is 1. The van der Waals surface area contributed by atoms with Gasteiger partial charge in [-0.05, 0) is 85.8 Å². The van der Waals surface area contributed by atoms with Crippen LogP contribution in [0.4, 0.5) is 11.4 Å². The van der Waals surface area contributed by atoms with Crippen LogP contribution in [-0.4, -0.2) is 9.55 Å². The molecular formula is C59H59N4OPt-3. The number of rotatable bonds is 8. The van der Waals surface area contributed by atoms with Crippen LogP contribution in [0.2, 0.25) is 0 Å². The summed E-state index contributed by atoms with van der Waals surface area (Å²) in [5, 5.41) is 2.32. The summed E-state index contributed by atoms with van der Waals surface area (Å²) in [6.45, 7) is 27.1. The maximum Gasteiger partial charge on any atom is 0.135 e. The number of pyridine rings is 1. The summed E-state index contributed by atoms with van der Waals surface area (Å²) in [7, 11) is 0. The van der Waals surface area contributed by atoms with Gasteiger partial charge in [0.2, 0.25) is 0 Å². The summed E-state index contributed by atoms with van der Waals surface area (Å²) >= 11 is 0. The van der Waals surface area contributed by atoms with Crippen molar-refractivity contribution in [3.8, 4) is 17.3 Å². The number of ether oxygens (including phenoxy) is 1. The Hall–Kier alpha value is -5.90. The monoisotopic (exact) mass is 1030 g/mol. The van der Waals surface area contributed by atoms with E-state index < -0.39 is 0 Å². The van der Waals surface area contributed by atoms with Crippen LogP contribution in [0.15, 0.2) is 152 Å². The zero-order valence-corrected chi connectivity index (χ0v) is 41.8. The number of nitrogens with zero attached hydrogens (tertiary/aromatic N) is 4. The Bertz CT molecular complexity index is 3030. The second-order valence-corrected chi connectivity index (χ2v) is 20.8. The average Bonchev–Trinajstić information content (AvgIpc) is 3.86. The van der Waals surface area contributed by atoms with Crippen molar-refractivity contribution >= 4 is 38.9 Å². The molecule has 65 heavy (non-hydrogen) atoms. The Morgan fingerprint density at radius 1 is 0.569 bits per heavy atom. The molecule has 5 nitrogen and oxygen atoms in total. The van der Waals surface area contributed by atoms with Gasteiger partial charge in [0, 0.05) is 55.7 Å². The fourth-order valence-corrected chi connectivity index (χ4v) is 8.80. The molecule has 1 aliphatic rings. The molecule has 0 radical (unpaired) electrons. The first-order chi connectivity index (χ1) is 30.4. The van der Waals surface area contributed by atoms with Gasteiger partial charge < -0.3 is 19.1 Å². The first-order valence-electron chi connectivity index (χ1n) is 22.4. The van der Waals surface area contributed by atoms with Gasteiger partial charge in [0.05, 0.1) is 0 Å². The first kappa shape index (κ1) is 45.7. The van der Waals surface area contributed by atoms with Gasteiger partial charge in [-0.25, -0.2) is 4.98 Å². The third kappa shape index (κ3) is 8.93. The van der Waals surface area contributed by atoms with Crippen LogP contribution < -0.4 is 14.5 Å². The largest absolute Gasteiger partial charge is 0.509 e. The van der Waals surface area contributed by atoms with Gasteiger partial charge in [0.25, 0.3) is 0 Å². The topological polar surface area (TPSA) is 33.5 Å². The molecule has 1 aliphatic heterocycles. The molecule has 0 aliphatic carbocycles. The van der Waals surface area contributed by atoms with Gasteiger partial charge >= 0.3 is 0 Å². The van der Waals surface area contributed by atoms with E-state index in [0.29, 0.717) is 11.5 Å². The Labute approximate surface area is 401 Å². The standard InChI is InChI=1S/C59H59N4O.Pt/c1-56(2,3)42-25-20-26-45(31-42)61-38-53(40-21-14-12-15-22-40)62(39-61)46-32-44(59(10,11)41-23-16-13-17-24-41)33-47(35-46)64-48-36-50(58(7,8)9)55-49-27-18-19-28-51(49)63(52(55)37-48)54-34-43(29-30-60-54)57(4,5)6;/h12-34,36,38-39H,1-11H3;/q-3;. The zero-order chi connectivity index (χ0) is 45.2. The van der Waals surface area contributed by atoms with E-state index in [9.17, 15) is 0 Å². The number of anilines is 2. The molecule has 9 rings (SSSR count). The smallest absolute Gasteiger partial charge is 0.135 e. The van der Waals surface area contributed by atoms with Gasteiger partial charge in [0.1, 0.15) is 5.82 Å². The van der Waals surface area contributed by atoms with Crippen molar-refractivity contribution in [2.24, 2.45) is 0 Å². The second-order valence-electron chi connectivity index (χ2n) is 20.8. The predicted octanol–water partition coefficient (Wildman–Crippen LogP) is 15.2. The van der Waals surface area contributed by atoms with Gasteiger partial charge in [-0.3, -0.25) is 0 Å². The van der Waals surface area contributed by atoms with Gasteiger partial charge in [-0.1, -0.05) is 178 Å². The number of hydrogen-bond donors (Lipinski definition) is 0. The minimum atomic E-state index is -0.374. The van der Waals surface area contributed by atoms with Crippen molar-refractivity contribution in [2.45, 2.75) is 97.8 Å². The van der Waals surface area contributed by atoms with E-state index in [0.717, 1.165) is 55.8 Å². The zero-order valence-electron chi connectivity index (χ0n) is 39.5. The van der Waals surface area contributed by atoms with Gasteiger partial charge in [0.15, 0.2) is 0 Å². The van der Waals surface area contributed by atoms with Crippen molar-refractivity contribution in [1.29, 1.82) is 0 Å². The number of hydrogen-bond acceptors (Lipinski definition) is 4. The van der Waals surface area contributed by atoms with E-state index >= 15 is 0 Å². The Kier molecular flexibility index (Phi) is 12.0. The molecule has 3 heterocycles.